The Hall–Kier alpha value is -1.40. The third-order valence-electron chi connectivity index (χ3n) is 3.26. The van der Waals surface area contributed by atoms with Crippen LogP contribution in [0, 0.1) is 12.7 Å². The molecule has 2 aromatic rings. The minimum absolute atomic E-state index is 0.160. The molecule has 6 heteroatoms. The predicted molar refractivity (Wildman–Crippen MR) is 81.7 cm³/mol. The lowest BCUT2D eigenvalue weighted by Gasteiger charge is -2.11. The van der Waals surface area contributed by atoms with Crippen LogP contribution < -0.4 is 4.74 Å². The van der Waals surface area contributed by atoms with Crippen LogP contribution in [0.3, 0.4) is 0 Å². The van der Waals surface area contributed by atoms with Crippen molar-refractivity contribution in [2.24, 2.45) is 0 Å². The SMILES string of the molecule is CCn1nc(C)c(Br)c1COc1ccc([C@@H](C)O)cc1F. The Morgan fingerprint density at radius 2 is 2.19 bits per heavy atom. The molecule has 2 rings (SSSR count). The summed E-state index contributed by atoms with van der Waals surface area (Å²) in [6, 6.07) is 4.47. The van der Waals surface area contributed by atoms with Crippen LogP contribution in [-0.2, 0) is 13.2 Å². The van der Waals surface area contributed by atoms with Gasteiger partial charge in [0.05, 0.1) is 22.0 Å². The van der Waals surface area contributed by atoms with Crippen molar-refractivity contribution >= 4 is 15.9 Å². The summed E-state index contributed by atoms with van der Waals surface area (Å²) >= 11 is 3.47. The van der Waals surface area contributed by atoms with E-state index in [9.17, 15) is 9.50 Å². The standard InChI is InChI=1S/C15H18BrFN2O2/c1-4-19-13(15(16)9(2)18-19)8-21-14-6-5-11(10(3)20)7-12(14)17/h5-7,10,20H,4,8H2,1-3H3/t10-/m1/s1. The third-order valence-corrected chi connectivity index (χ3v) is 4.29. The molecule has 0 aliphatic carbocycles. The molecule has 0 saturated carbocycles. The van der Waals surface area contributed by atoms with Gasteiger partial charge in [0.25, 0.3) is 0 Å². The van der Waals surface area contributed by atoms with E-state index in [1.54, 1.807) is 13.0 Å². The Kier molecular flexibility index (Phi) is 5.00. The number of rotatable bonds is 5. The highest BCUT2D eigenvalue weighted by Crippen LogP contribution is 2.25. The molecule has 4 nitrogen and oxygen atoms in total. The topological polar surface area (TPSA) is 47.3 Å². The van der Waals surface area contributed by atoms with Gasteiger partial charge in [0.15, 0.2) is 11.6 Å². The van der Waals surface area contributed by atoms with Gasteiger partial charge >= 0.3 is 0 Å². The minimum atomic E-state index is -0.702. The van der Waals surface area contributed by atoms with Crippen molar-refractivity contribution in [2.45, 2.75) is 40.0 Å². The summed E-state index contributed by atoms with van der Waals surface area (Å²) in [5.41, 5.74) is 2.27. The summed E-state index contributed by atoms with van der Waals surface area (Å²) in [5, 5.41) is 13.8. The second-order valence-electron chi connectivity index (χ2n) is 4.82. The van der Waals surface area contributed by atoms with Gasteiger partial charge in [0, 0.05) is 6.54 Å². The van der Waals surface area contributed by atoms with E-state index >= 15 is 0 Å². The fourth-order valence-corrected chi connectivity index (χ4v) is 2.45. The predicted octanol–water partition coefficient (Wildman–Crippen LogP) is 3.75. The third kappa shape index (κ3) is 3.44. The Morgan fingerprint density at radius 3 is 2.76 bits per heavy atom. The summed E-state index contributed by atoms with van der Waals surface area (Å²) in [5.74, 6) is -0.323. The number of hydrogen-bond acceptors (Lipinski definition) is 3. The Bertz CT molecular complexity index is 641. The molecule has 1 N–H and O–H groups in total. The molecular formula is C15H18BrFN2O2. The van der Waals surface area contributed by atoms with Crippen LogP contribution in [0.1, 0.15) is 36.9 Å². The molecule has 0 unspecified atom stereocenters. The molecular weight excluding hydrogens is 339 g/mol. The molecule has 1 heterocycles. The van der Waals surface area contributed by atoms with Gasteiger partial charge in [-0.15, -0.1) is 0 Å². The fraction of sp³-hybridized carbons (Fsp3) is 0.400. The van der Waals surface area contributed by atoms with Crippen molar-refractivity contribution in [3.8, 4) is 5.75 Å². The number of aromatic nitrogens is 2. The van der Waals surface area contributed by atoms with Gasteiger partial charge in [-0.25, -0.2) is 4.39 Å². The lowest BCUT2D eigenvalue weighted by molar-refractivity contribution is 0.198. The van der Waals surface area contributed by atoms with Crippen LogP contribution in [0.25, 0.3) is 0 Å². The zero-order valence-corrected chi connectivity index (χ0v) is 13.8. The molecule has 1 aromatic carbocycles. The first-order valence-corrected chi connectivity index (χ1v) is 7.55. The smallest absolute Gasteiger partial charge is 0.165 e. The normalized spacial score (nSPS) is 12.5. The monoisotopic (exact) mass is 356 g/mol. The number of nitrogens with zero attached hydrogens (tertiary/aromatic N) is 2. The Morgan fingerprint density at radius 1 is 1.48 bits per heavy atom. The largest absolute Gasteiger partial charge is 0.484 e. The van der Waals surface area contributed by atoms with Crippen LogP contribution in [0.2, 0.25) is 0 Å². The van der Waals surface area contributed by atoms with Crippen molar-refractivity contribution in [1.29, 1.82) is 0 Å². The quantitative estimate of drug-likeness (QED) is 0.887. The van der Waals surface area contributed by atoms with E-state index in [-0.39, 0.29) is 12.4 Å². The van der Waals surface area contributed by atoms with Gasteiger partial charge in [-0.05, 0) is 54.4 Å². The van der Waals surface area contributed by atoms with Gasteiger partial charge in [-0.3, -0.25) is 4.68 Å². The van der Waals surface area contributed by atoms with Crippen LogP contribution in [0.4, 0.5) is 4.39 Å². The summed E-state index contributed by atoms with van der Waals surface area (Å²) in [7, 11) is 0. The molecule has 0 fully saturated rings. The zero-order valence-electron chi connectivity index (χ0n) is 12.2. The van der Waals surface area contributed by atoms with Crippen molar-refractivity contribution < 1.29 is 14.2 Å². The highest BCUT2D eigenvalue weighted by molar-refractivity contribution is 9.10. The second-order valence-corrected chi connectivity index (χ2v) is 5.61. The first-order valence-electron chi connectivity index (χ1n) is 6.76. The molecule has 114 valence electrons. The number of halogens is 2. The van der Waals surface area contributed by atoms with Crippen molar-refractivity contribution in [3.63, 3.8) is 0 Å². The molecule has 0 spiro atoms. The number of benzene rings is 1. The van der Waals surface area contributed by atoms with E-state index in [1.165, 1.54) is 12.1 Å². The zero-order chi connectivity index (χ0) is 15.6. The van der Waals surface area contributed by atoms with Crippen molar-refractivity contribution in [3.05, 3.63) is 45.4 Å². The van der Waals surface area contributed by atoms with Gasteiger partial charge < -0.3 is 9.84 Å². The van der Waals surface area contributed by atoms with E-state index in [0.29, 0.717) is 12.1 Å². The fourth-order valence-electron chi connectivity index (χ4n) is 2.05. The number of aliphatic hydroxyl groups is 1. The van der Waals surface area contributed by atoms with Crippen molar-refractivity contribution in [1.82, 2.24) is 9.78 Å². The second kappa shape index (κ2) is 6.58. The molecule has 0 aliphatic heterocycles. The number of hydrogen-bond donors (Lipinski definition) is 1. The molecule has 21 heavy (non-hydrogen) atoms. The van der Waals surface area contributed by atoms with E-state index < -0.39 is 11.9 Å². The number of aryl methyl sites for hydroxylation is 2. The molecule has 1 aromatic heterocycles. The van der Waals surface area contributed by atoms with Gasteiger partial charge in [0.2, 0.25) is 0 Å². The van der Waals surface area contributed by atoms with Crippen LogP contribution >= 0.6 is 15.9 Å². The molecule has 1 atom stereocenters. The Balaban J connectivity index is 2.17. The molecule has 0 aliphatic rings. The van der Waals surface area contributed by atoms with Crippen molar-refractivity contribution in [2.75, 3.05) is 0 Å². The van der Waals surface area contributed by atoms with Crippen LogP contribution in [0.15, 0.2) is 22.7 Å². The number of aliphatic hydroxyl groups excluding tert-OH is 1. The average molecular weight is 357 g/mol. The summed E-state index contributed by atoms with van der Waals surface area (Å²) in [6.07, 6.45) is -0.702. The van der Waals surface area contributed by atoms with Gasteiger partial charge in [-0.1, -0.05) is 6.07 Å². The summed E-state index contributed by atoms with van der Waals surface area (Å²) < 4.78 is 22.2. The average Bonchev–Trinajstić information content (AvgIpc) is 2.72. The molecule has 0 bridgehead atoms. The maximum atomic E-state index is 13.9. The maximum Gasteiger partial charge on any atom is 0.165 e. The first kappa shape index (κ1) is 16.0. The Labute approximate surface area is 131 Å². The molecule has 0 radical (unpaired) electrons. The lowest BCUT2D eigenvalue weighted by Crippen LogP contribution is -2.07. The van der Waals surface area contributed by atoms with Gasteiger partial charge in [-0.2, -0.15) is 5.10 Å². The highest BCUT2D eigenvalue weighted by atomic mass is 79.9. The van der Waals surface area contributed by atoms with E-state index in [4.69, 9.17) is 4.74 Å². The molecule has 0 amide bonds. The highest BCUT2D eigenvalue weighted by Gasteiger charge is 2.14. The minimum Gasteiger partial charge on any atom is -0.484 e. The summed E-state index contributed by atoms with van der Waals surface area (Å²) in [4.78, 5) is 0. The van der Waals surface area contributed by atoms with Crippen LogP contribution in [0.5, 0.6) is 5.75 Å². The number of ether oxygens (including phenoxy) is 1. The van der Waals surface area contributed by atoms with Crippen LogP contribution in [-0.4, -0.2) is 14.9 Å². The maximum absolute atomic E-state index is 13.9. The van der Waals surface area contributed by atoms with Gasteiger partial charge in [0.1, 0.15) is 6.61 Å². The van der Waals surface area contributed by atoms with E-state index in [2.05, 4.69) is 21.0 Å². The van der Waals surface area contributed by atoms with E-state index in [0.717, 1.165) is 15.9 Å². The lowest BCUT2D eigenvalue weighted by atomic mass is 10.1. The summed E-state index contributed by atoms with van der Waals surface area (Å²) in [6.45, 7) is 6.42. The first-order chi connectivity index (χ1) is 9.93. The van der Waals surface area contributed by atoms with E-state index in [1.807, 2.05) is 18.5 Å². The molecule has 0 saturated heterocycles.